The molecule has 17 heavy (non-hydrogen) atoms. The Balaban J connectivity index is 2.99. The number of hydrogen-bond acceptors (Lipinski definition) is 5. The van der Waals surface area contributed by atoms with Crippen molar-refractivity contribution in [1.29, 1.82) is 0 Å². The van der Waals surface area contributed by atoms with Crippen molar-refractivity contribution in [3.63, 3.8) is 0 Å². The molecule has 0 radical (unpaired) electrons. The summed E-state index contributed by atoms with van der Waals surface area (Å²) < 4.78 is 0. The Morgan fingerprint density at radius 3 is 2.47 bits per heavy atom. The van der Waals surface area contributed by atoms with Crippen LogP contribution in [0.5, 0.6) is 0 Å². The second-order valence-corrected chi connectivity index (χ2v) is 3.38. The number of aromatic carboxylic acids is 1. The van der Waals surface area contributed by atoms with Crippen molar-refractivity contribution in [2.75, 3.05) is 0 Å². The van der Waals surface area contributed by atoms with Crippen molar-refractivity contribution >= 4 is 11.9 Å². The summed E-state index contributed by atoms with van der Waals surface area (Å²) in [5, 5.41) is 36.3. The molecule has 0 bridgehead atoms. The van der Waals surface area contributed by atoms with Crippen molar-refractivity contribution in [3.8, 4) is 0 Å². The molecule has 1 rings (SSSR count). The van der Waals surface area contributed by atoms with E-state index in [1.165, 1.54) is 6.20 Å². The molecule has 2 unspecified atom stereocenters. The first-order valence-corrected chi connectivity index (χ1v) is 4.68. The molecule has 0 saturated heterocycles. The first-order valence-electron chi connectivity index (χ1n) is 4.68. The molecule has 0 saturated carbocycles. The van der Waals surface area contributed by atoms with Gasteiger partial charge in [0.2, 0.25) is 0 Å². The van der Waals surface area contributed by atoms with Gasteiger partial charge in [0, 0.05) is 18.0 Å². The van der Waals surface area contributed by atoms with Gasteiger partial charge >= 0.3 is 11.9 Å². The lowest BCUT2D eigenvalue weighted by atomic mass is 9.99. The summed E-state index contributed by atoms with van der Waals surface area (Å²) in [4.78, 5) is 24.8. The topological polar surface area (TPSA) is 128 Å². The van der Waals surface area contributed by atoms with Crippen molar-refractivity contribution < 1.29 is 30.0 Å². The van der Waals surface area contributed by atoms with Gasteiger partial charge in [-0.2, -0.15) is 0 Å². The third kappa shape index (κ3) is 3.23. The standard InChI is InChI=1S/C10H11NO6/c12-7(3-8(13)14)9(15)6-4-11-2-1-5(6)10(16)17/h1-2,4,7,9,12,15H,3H2,(H,13,14)(H,16,17). The van der Waals surface area contributed by atoms with Gasteiger partial charge in [-0.15, -0.1) is 0 Å². The van der Waals surface area contributed by atoms with Gasteiger partial charge in [0.1, 0.15) is 6.10 Å². The molecule has 92 valence electrons. The van der Waals surface area contributed by atoms with Crippen LogP contribution in [0.4, 0.5) is 0 Å². The smallest absolute Gasteiger partial charge is 0.336 e. The molecule has 0 aliphatic heterocycles. The molecule has 7 nitrogen and oxygen atoms in total. The predicted octanol–water partition coefficient (Wildman–Crippen LogP) is -0.351. The fraction of sp³-hybridized carbons (Fsp3) is 0.300. The fourth-order valence-corrected chi connectivity index (χ4v) is 1.33. The third-order valence-corrected chi connectivity index (χ3v) is 2.15. The van der Waals surface area contributed by atoms with Gasteiger partial charge in [-0.3, -0.25) is 9.78 Å². The van der Waals surface area contributed by atoms with Gasteiger partial charge in [-0.05, 0) is 6.07 Å². The summed E-state index contributed by atoms with van der Waals surface area (Å²) in [5.41, 5.74) is -0.342. The maximum absolute atomic E-state index is 10.8. The highest BCUT2D eigenvalue weighted by Gasteiger charge is 2.25. The number of pyridine rings is 1. The van der Waals surface area contributed by atoms with Crippen LogP contribution in [0.25, 0.3) is 0 Å². The van der Waals surface area contributed by atoms with E-state index in [0.29, 0.717) is 0 Å². The van der Waals surface area contributed by atoms with E-state index >= 15 is 0 Å². The molecule has 1 aromatic rings. The monoisotopic (exact) mass is 241 g/mol. The lowest BCUT2D eigenvalue weighted by Crippen LogP contribution is -2.23. The highest BCUT2D eigenvalue weighted by molar-refractivity contribution is 5.89. The second-order valence-electron chi connectivity index (χ2n) is 3.38. The second kappa shape index (κ2) is 5.37. The molecule has 7 heteroatoms. The average Bonchev–Trinajstić information content (AvgIpc) is 2.27. The predicted molar refractivity (Wildman–Crippen MR) is 54.4 cm³/mol. The molecule has 1 aromatic heterocycles. The largest absolute Gasteiger partial charge is 0.481 e. The van der Waals surface area contributed by atoms with Gasteiger partial charge < -0.3 is 20.4 Å². The van der Waals surface area contributed by atoms with Gasteiger partial charge in [-0.1, -0.05) is 0 Å². The fourth-order valence-electron chi connectivity index (χ4n) is 1.33. The molecule has 0 fully saturated rings. The van der Waals surface area contributed by atoms with Crippen LogP contribution in [0.1, 0.15) is 28.4 Å². The molecule has 0 spiro atoms. The Kier molecular flexibility index (Phi) is 4.13. The van der Waals surface area contributed by atoms with Crippen LogP contribution in [0, 0.1) is 0 Å². The Morgan fingerprint density at radius 2 is 1.94 bits per heavy atom. The third-order valence-electron chi connectivity index (χ3n) is 2.15. The van der Waals surface area contributed by atoms with Crippen molar-refractivity contribution in [1.82, 2.24) is 4.98 Å². The minimum Gasteiger partial charge on any atom is -0.481 e. The molecular formula is C10H11NO6. The van der Waals surface area contributed by atoms with Gasteiger partial charge in [-0.25, -0.2) is 4.79 Å². The number of aromatic nitrogens is 1. The number of rotatable bonds is 5. The number of carbonyl (C=O) groups is 2. The number of carboxylic acids is 2. The number of hydrogen-bond donors (Lipinski definition) is 4. The van der Waals surface area contributed by atoms with E-state index in [1.54, 1.807) is 0 Å². The Labute approximate surface area is 96.0 Å². The molecule has 0 aliphatic carbocycles. The Bertz CT molecular complexity index is 433. The molecule has 0 amide bonds. The summed E-state index contributed by atoms with van der Waals surface area (Å²) in [6.07, 6.45) is -1.57. The van der Waals surface area contributed by atoms with Gasteiger partial charge in [0.05, 0.1) is 18.1 Å². The number of nitrogens with zero attached hydrogens (tertiary/aromatic N) is 1. The normalized spacial score (nSPS) is 14.0. The maximum Gasteiger partial charge on any atom is 0.336 e. The van der Waals surface area contributed by atoms with Crippen LogP contribution in [-0.4, -0.2) is 43.5 Å². The lowest BCUT2D eigenvalue weighted by Gasteiger charge is -2.17. The zero-order valence-corrected chi connectivity index (χ0v) is 8.65. The zero-order valence-electron chi connectivity index (χ0n) is 8.65. The summed E-state index contributed by atoms with van der Waals surface area (Å²) in [7, 11) is 0. The lowest BCUT2D eigenvalue weighted by molar-refractivity contribution is -0.141. The first kappa shape index (κ1) is 13.1. The van der Waals surface area contributed by atoms with E-state index in [2.05, 4.69) is 4.98 Å². The molecule has 4 N–H and O–H groups in total. The number of carboxylic acid groups (broad SMARTS) is 2. The van der Waals surface area contributed by atoms with Crippen LogP contribution in [0.15, 0.2) is 18.5 Å². The van der Waals surface area contributed by atoms with Gasteiger partial charge in [0.15, 0.2) is 0 Å². The Morgan fingerprint density at radius 1 is 1.29 bits per heavy atom. The quantitative estimate of drug-likeness (QED) is 0.554. The molecular weight excluding hydrogens is 230 g/mol. The minimum atomic E-state index is -1.61. The summed E-state index contributed by atoms with van der Waals surface area (Å²) >= 11 is 0. The number of aliphatic carboxylic acids is 1. The SMILES string of the molecule is O=C(O)CC(O)C(O)c1cnccc1C(=O)O. The maximum atomic E-state index is 10.8. The van der Waals surface area contributed by atoms with E-state index < -0.39 is 30.6 Å². The highest BCUT2D eigenvalue weighted by Crippen LogP contribution is 2.21. The summed E-state index contributed by atoms with van der Waals surface area (Å²) in [5.74, 6) is -2.58. The van der Waals surface area contributed by atoms with E-state index in [1.807, 2.05) is 0 Å². The van der Waals surface area contributed by atoms with Crippen LogP contribution < -0.4 is 0 Å². The molecule has 2 atom stereocenters. The molecule has 1 heterocycles. The zero-order chi connectivity index (χ0) is 13.0. The van der Waals surface area contributed by atoms with E-state index in [-0.39, 0.29) is 11.1 Å². The van der Waals surface area contributed by atoms with Crippen LogP contribution in [0.3, 0.4) is 0 Å². The van der Waals surface area contributed by atoms with Crippen LogP contribution >= 0.6 is 0 Å². The number of aliphatic hydroxyl groups is 2. The number of aliphatic hydroxyl groups excluding tert-OH is 2. The first-order chi connectivity index (χ1) is 7.93. The Hall–Kier alpha value is -1.99. The van der Waals surface area contributed by atoms with E-state index in [4.69, 9.17) is 10.2 Å². The van der Waals surface area contributed by atoms with Crippen molar-refractivity contribution in [3.05, 3.63) is 29.6 Å². The van der Waals surface area contributed by atoms with Crippen molar-refractivity contribution in [2.24, 2.45) is 0 Å². The van der Waals surface area contributed by atoms with Crippen LogP contribution in [0.2, 0.25) is 0 Å². The summed E-state index contributed by atoms with van der Waals surface area (Å²) in [6.45, 7) is 0. The molecule has 0 aliphatic rings. The molecule has 0 aromatic carbocycles. The van der Waals surface area contributed by atoms with Crippen molar-refractivity contribution in [2.45, 2.75) is 18.6 Å². The van der Waals surface area contributed by atoms with E-state index in [0.717, 1.165) is 12.3 Å². The highest BCUT2D eigenvalue weighted by atomic mass is 16.4. The summed E-state index contributed by atoms with van der Waals surface area (Å²) in [6, 6.07) is 1.16. The van der Waals surface area contributed by atoms with E-state index in [9.17, 15) is 19.8 Å². The average molecular weight is 241 g/mol. The minimum absolute atomic E-state index is 0.117. The van der Waals surface area contributed by atoms with Gasteiger partial charge in [0.25, 0.3) is 0 Å². The van der Waals surface area contributed by atoms with Crippen LogP contribution in [-0.2, 0) is 4.79 Å².